The summed E-state index contributed by atoms with van der Waals surface area (Å²) in [6.45, 7) is 0. The van der Waals surface area contributed by atoms with Crippen molar-refractivity contribution in [3.63, 3.8) is 0 Å². The lowest BCUT2D eigenvalue weighted by molar-refractivity contribution is 0.0939. The Hall–Kier alpha value is -3.55. The van der Waals surface area contributed by atoms with Gasteiger partial charge in [-0.05, 0) is 54.4 Å². The van der Waals surface area contributed by atoms with Crippen LogP contribution in [0.3, 0.4) is 0 Å². The molecule has 0 fully saturated rings. The Morgan fingerprint density at radius 2 is 1.91 bits per heavy atom. The maximum Gasteiger partial charge on any atom is 0.274 e. The molecule has 0 unspecified atom stereocenters. The molecule has 2 aromatic carbocycles. The topological polar surface area (TPSA) is 83.7 Å². The molecule has 6 nitrogen and oxygen atoms in total. The summed E-state index contributed by atoms with van der Waals surface area (Å²) in [5.41, 5.74) is 1.61. The first-order chi connectivity index (χ1) is 15.4. The van der Waals surface area contributed by atoms with E-state index in [2.05, 4.69) is 10.3 Å². The van der Waals surface area contributed by atoms with E-state index in [1.54, 1.807) is 53.1 Å². The number of carbonyl (C=O) groups excluding carboxylic acids is 2. The molecule has 0 aliphatic carbocycles. The van der Waals surface area contributed by atoms with Gasteiger partial charge in [0.2, 0.25) is 0 Å². The van der Waals surface area contributed by atoms with Gasteiger partial charge in [-0.2, -0.15) is 0 Å². The SMILES string of the molecule is O=C(CC[C@@H](O)c1ccc(Cl)cc1)c1ccc(F)c(NC(=O)c2cnc3ccccn23)c1. The van der Waals surface area contributed by atoms with Crippen molar-refractivity contribution in [3.8, 4) is 0 Å². The number of amides is 1. The molecule has 0 radical (unpaired) electrons. The molecule has 162 valence electrons. The predicted octanol–water partition coefficient (Wildman–Crippen LogP) is 5.08. The minimum Gasteiger partial charge on any atom is -0.388 e. The maximum absolute atomic E-state index is 14.3. The minimum atomic E-state index is -0.828. The van der Waals surface area contributed by atoms with Gasteiger partial charge in [0.05, 0.1) is 18.0 Å². The van der Waals surface area contributed by atoms with E-state index in [4.69, 9.17) is 11.6 Å². The molecule has 0 spiro atoms. The summed E-state index contributed by atoms with van der Waals surface area (Å²) in [5.74, 6) is -1.49. The largest absolute Gasteiger partial charge is 0.388 e. The molecular formula is C24H19ClFN3O3. The monoisotopic (exact) mass is 451 g/mol. The zero-order valence-electron chi connectivity index (χ0n) is 16.8. The van der Waals surface area contributed by atoms with E-state index in [9.17, 15) is 19.1 Å². The van der Waals surface area contributed by atoms with Crippen molar-refractivity contribution in [3.05, 3.63) is 101 Å². The highest BCUT2D eigenvalue weighted by molar-refractivity contribution is 6.30. The highest BCUT2D eigenvalue weighted by Crippen LogP contribution is 2.23. The number of hydrogen-bond donors (Lipinski definition) is 2. The third kappa shape index (κ3) is 4.69. The van der Waals surface area contributed by atoms with Gasteiger partial charge in [-0.25, -0.2) is 9.37 Å². The van der Waals surface area contributed by atoms with Gasteiger partial charge >= 0.3 is 0 Å². The number of aliphatic hydroxyl groups excluding tert-OH is 1. The summed E-state index contributed by atoms with van der Waals surface area (Å²) in [4.78, 5) is 29.4. The van der Waals surface area contributed by atoms with E-state index in [1.807, 2.05) is 0 Å². The number of aliphatic hydroxyl groups is 1. The molecule has 2 heterocycles. The van der Waals surface area contributed by atoms with Crippen molar-refractivity contribution in [1.29, 1.82) is 0 Å². The number of imidazole rings is 1. The summed E-state index contributed by atoms with van der Waals surface area (Å²) in [6, 6.07) is 15.8. The van der Waals surface area contributed by atoms with Gasteiger partial charge in [-0.3, -0.25) is 14.0 Å². The van der Waals surface area contributed by atoms with E-state index in [1.165, 1.54) is 18.3 Å². The number of carbonyl (C=O) groups is 2. The molecule has 0 saturated heterocycles. The molecule has 0 bridgehead atoms. The number of nitrogens with one attached hydrogen (secondary N) is 1. The summed E-state index contributed by atoms with van der Waals surface area (Å²) < 4.78 is 15.9. The van der Waals surface area contributed by atoms with Gasteiger partial charge in [-0.15, -0.1) is 0 Å². The van der Waals surface area contributed by atoms with Crippen molar-refractivity contribution >= 4 is 34.6 Å². The van der Waals surface area contributed by atoms with Crippen LogP contribution in [0.5, 0.6) is 0 Å². The predicted molar refractivity (Wildman–Crippen MR) is 120 cm³/mol. The summed E-state index contributed by atoms with van der Waals surface area (Å²) in [7, 11) is 0. The summed E-state index contributed by atoms with van der Waals surface area (Å²) >= 11 is 5.85. The molecular weight excluding hydrogens is 433 g/mol. The number of hydrogen-bond acceptors (Lipinski definition) is 4. The number of anilines is 1. The van der Waals surface area contributed by atoms with Crippen LogP contribution in [0, 0.1) is 5.82 Å². The summed E-state index contributed by atoms with van der Waals surface area (Å²) in [5, 5.41) is 13.4. The quantitative estimate of drug-likeness (QED) is 0.384. The molecule has 4 rings (SSSR count). The van der Waals surface area contributed by atoms with Crippen LogP contribution in [0.15, 0.2) is 73.1 Å². The van der Waals surface area contributed by atoms with Crippen molar-refractivity contribution in [1.82, 2.24) is 9.38 Å². The Kier molecular flexibility index (Phi) is 6.30. The fourth-order valence-corrected chi connectivity index (χ4v) is 3.47. The number of aromatic nitrogens is 2. The lowest BCUT2D eigenvalue weighted by Crippen LogP contribution is -2.16. The van der Waals surface area contributed by atoms with E-state index in [-0.39, 0.29) is 35.6 Å². The third-order valence-electron chi connectivity index (χ3n) is 5.09. The van der Waals surface area contributed by atoms with Gasteiger partial charge in [0.1, 0.15) is 17.2 Å². The van der Waals surface area contributed by atoms with Gasteiger partial charge in [-0.1, -0.05) is 29.8 Å². The lowest BCUT2D eigenvalue weighted by Gasteiger charge is -2.11. The van der Waals surface area contributed by atoms with Crippen LogP contribution in [-0.2, 0) is 0 Å². The number of benzene rings is 2. The van der Waals surface area contributed by atoms with E-state index < -0.39 is 17.8 Å². The van der Waals surface area contributed by atoms with Crippen molar-refractivity contribution in [2.45, 2.75) is 18.9 Å². The van der Waals surface area contributed by atoms with E-state index in [0.29, 0.717) is 16.2 Å². The average Bonchev–Trinajstić information content (AvgIpc) is 3.23. The Morgan fingerprint density at radius 3 is 2.69 bits per heavy atom. The highest BCUT2D eigenvalue weighted by Gasteiger charge is 2.17. The van der Waals surface area contributed by atoms with Crippen molar-refractivity contribution in [2.24, 2.45) is 0 Å². The molecule has 1 amide bonds. The summed E-state index contributed by atoms with van der Waals surface area (Å²) in [6.07, 6.45) is 2.50. The Morgan fingerprint density at radius 1 is 1.12 bits per heavy atom. The van der Waals surface area contributed by atoms with Gasteiger partial charge in [0.25, 0.3) is 5.91 Å². The fraction of sp³-hybridized carbons (Fsp3) is 0.125. The molecule has 8 heteroatoms. The second kappa shape index (κ2) is 9.30. The number of nitrogens with zero attached hydrogens (tertiary/aromatic N) is 2. The first-order valence-electron chi connectivity index (χ1n) is 9.92. The smallest absolute Gasteiger partial charge is 0.274 e. The van der Waals surface area contributed by atoms with Crippen molar-refractivity contribution < 1.29 is 19.1 Å². The number of pyridine rings is 1. The average molecular weight is 452 g/mol. The first kappa shape index (κ1) is 21.7. The normalized spacial score (nSPS) is 12.0. The Bertz CT molecular complexity index is 1290. The molecule has 4 aromatic rings. The van der Waals surface area contributed by atoms with Crippen LogP contribution >= 0.6 is 11.6 Å². The molecule has 0 aliphatic heterocycles. The van der Waals surface area contributed by atoms with Crippen LogP contribution in [0.4, 0.5) is 10.1 Å². The molecule has 1 atom stereocenters. The zero-order valence-corrected chi connectivity index (χ0v) is 17.6. The zero-order chi connectivity index (χ0) is 22.7. The molecule has 0 saturated carbocycles. The number of rotatable bonds is 7. The highest BCUT2D eigenvalue weighted by atomic mass is 35.5. The third-order valence-corrected chi connectivity index (χ3v) is 5.34. The Balaban J connectivity index is 1.45. The van der Waals surface area contributed by atoms with Crippen LogP contribution in [0.25, 0.3) is 5.65 Å². The second-order valence-electron chi connectivity index (χ2n) is 7.25. The molecule has 2 N–H and O–H groups in total. The number of halogens is 2. The van der Waals surface area contributed by atoms with Gasteiger partial charge in [0.15, 0.2) is 5.78 Å². The van der Waals surface area contributed by atoms with Crippen LogP contribution in [-0.4, -0.2) is 26.2 Å². The Labute approximate surface area is 188 Å². The van der Waals surface area contributed by atoms with E-state index >= 15 is 0 Å². The van der Waals surface area contributed by atoms with Gasteiger partial charge in [0, 0.05) is 23.2 Å². The van der Waals surface area contributed by atoms with Crippen LogP contribution < -0.4 is 5.32 Å². The first-order valence-corrected chi connectivity index (χ1v) is 10.3. The number of fused-ring (bicyclic) bond motifs is 1. The minimum absolute atomic E-state index is 0.0517. The van der Waals surface area contributed by atoms with Crippen molar-refractivity contribution in [2.75, 3.05) is 5.32 Å². The van der Waals surface area contributed by atoms with Gasteiger partial charge < -0.3 is 10.4 Å². The number of Topliss-reactive ketones (excluding diaryl/α,β-unsaturated/α-hetero) is 1. The fourth-order valence-electron chi connectivity index (χ4n) is 3.35. The molecule has 32 heavy (non-hydrogen) atoms. The van der Waals surface area contributed by atoms with Crippen LogP contribution in [0.1, 0.15) is 45.4 Å². The van der Waals surface area contributed by atoms with Crippen LogP contribution in [0.2, 0.25) is 5.02 Å². The van der Waals surface area contributed by atoms with E-state index in [0.717, 1.165) is 6.07 Å². The molecule has 0 aliphatic rings. The molecule has 2 aromatic heterocycles. The number of ketones is 1. The standard InChI is InChI=1S/C24H19ClFN3O3/c25-17-7-4-15(5-8-17)21(30)10-11-22(31)16-6-9-18(26)19(13-16)28-24(32)20-14-27-23-3-1-2-12-29(20)23/h1-9,12-14,21,30H,10-11H2,(H,28,32)/t21-/m1/s1. The maximum atomic E-state index is 14.3. The second-order valence-corrected chi connectivity index (χ2v) is 7.69. The lowest BCUT2D eigenvalue weighted by atomic mass is 10.00.